The van der Waals surface area contributed by atoms with Crippen LogP contribution in [-0.4, -0.2) is 44.9 Å². The van der Waals surface area contributed by atoms with Crippen molar-refractivity contribution in [1.29, 1.82) is 0 Å². The smallest absolute Gasteiger partial charge is 0.272 e. The molecule has 3 aromatic rings. The first kappa shape index (κ1) is 18.9. The highest BCUT2D eigenvalue weighted by molar-refractivity contribution is 6.00. The fourth-order valence-corrected chi connectivity index (χ4v) is 3.42. The number of hydrogen-bond donors (Lipinski definition) is 4. The van der Waals surface area contributed by atoms with Gasteiger partial charge in [0.25, 0.3) is 11.8 Å². The topological polar surface area (TPSA) is 117 Å². The Morgan fingerprint density at radius 2 is 1.93 bits per heavy atom. The molecule has 4 N–H and O–H groups in total. The fourth-order valence-electron chi connectivity index (χ4n) is 3.42. The maximum Gasteiger partial charge on any atom is 0.272 e. The minimum Gasteiger partial charge on any atom is -0.335 e. The van der Waals surface area contributed by atoms with Crippen molar-refractivity contribution in [1.82, 2.24) is 30.6 Å². The molecule has 3 heterocycles. The molecule has 1 fully saturated rings. The normalized spacial score (nSPS) is 15.6. The van der Waals surface area contributed by atoms with Crippen LogP contribution < -0.4 is 16.0 Å². The van der Waals surface area contributed by atoms with E-state index in [1.807, 2.05) is 29.1 Å². The minimum absolute atomic E-state index is 0.284. The van der Waals surface area contributed by atoms with Crippen molar-refractivity contribution < 1.29 is 9.59 Å². The Bertz CT molecular complexity index is 946. The molecule has 0 bridgehead atoms. The molecule has 1 aromatic carbocycles. The van der Waals surface area contributed by atoms with Gasteiger partial charge in [0.2, 0.25) is 0 Å². The molecule has 4 rings (SSSR count). The Balaban J connectivity index is 1.50. The third-order valence-corrected chi connectivity index (χ3v) is 4.96. The van der Waals surface area contributed by atoms with Crippen molar-refractivity contribution >= 4 is 17.5 Å². The summed E-state index contributed by atoms with van der Waals surface area (Å²) in [4.78, 5) is 25.7. The second-order valence-corrected chi connectivity index (χ2v) is 6.96. The molecule has 0 aliphatic carbocycles. The van der Waals surface area contributed by atoms with Gasteiger partial charge in [-0.05, 0) is 37.6 Å². The highest BCUT2D eigenvalue weighted by Gasteiger charge is 2.25. The highest BCUT2D eigenvalue weighted by atomic mass is 16.2. The lowest BCUT2D eigenvalue weighted by Crippen LogP contribution is -2.37. The van der Waals surface area contributed by atoms with E-state index in [0.717, 1.165) is 25.9 Å². The number of anilines is 1. The van der Waals surface area contributed by atoms with Gasteiger partial charge >= 0.3 is 0 Å². The summed E-state index contributed by atoms with van der Waals surface area (Å²) in [7, 11) is 0. The minimum atomic E-state index is -0.859. The second-order valence-electron chi connectivity index (χ2n) is 6.96. The summed E-state index contributed by atoms with van der Waals surface area (Å²) in [6.07, 6.45) is 6.85. The molecule has 2 amide bonds. The van der Waals surface area contributed by atoms with Crippen LogP contribution in [0.15, 0.2) is 55.0 Å². The van der Waals surface area contributed by atoms with Gasteiger partial charge in [-0.3, -0.25) is 19.4 Å². The quantitative estimate of drug-likeness (QED) is 0.508. The molecule has 9 nitrogen and oxygen atoms in total. The molecular formula is C20H23N7O2. The van der Waals surface area contributed by atoms with Crippen LogP contribution in [0.2, 0.25) is 0 Å². The lowest BCUT2D eigenvalue weighted by molar-refractivity contribution is -0.118. The van der Waals surface area contributed by atoms with E-state index in [4.69, 9.17) is 0 Å². The number of hydrogen-bond acceptors (Lipinski definition) is 5. The molecule has 0 spiro atoms. The second kappa shape index (κ2) is 8.70. The molecule has 150 valence electrons. The zero-order chi connectivity index (χ0) is 20.1. The molecule has 9 heteroatoms. The van der Waals surface area contributed by atoms with Crippen LogP contribution in [0.4, 0.5) is 5.69 Å². The van der Waals surface area contributed by atoms with Crippen LogP contribution in [0.5, 0.6) is 0 Å². The average molecular weight is 393 g/mol. The Morgan fingerprint density at radius 3 is 2.66 bits per heavy atom. The van der Waals surface area contributed by atoms with Gasteiger partial charge in [0.05, 0.1) is 17.9 Å². The Morgan fingerprint density at radius 1 is 1.14 bits per heavy atom. The molecule has 29 heavy (non-hydrogen) atoms. The van der Waals surface area contributed by atoms with Crippen LogP contribution in [0, 0.1) is 0 Å². The number of benzene rings is 1. The summed E-state index contributed by atoms with van der Waals surface area (Å²) in [6.45, 7) is 1.88. The van der Waals surface area contributed by atoms with Crippen molar-refractivity contribution in [3.05, 3.63) is 66.2 Å². The third kappa shape index (κ3) is 4.52. The van der Waals surface area contributed by atoms with Crippen LogP contribution in [0.1, 0.15) is 41.0 Å². The standard InChI is InChI=1S/C20H23N7O2/c28-19(17-8-11-27(26-17)16-6-9-21-10-7-16)25-18(14-4-2-1-3-5-14)20(29)24-15-12-22-23-13-15/h1-5,8,11-13,16,18,21H,6-7,9-10H2,(H,22,23)(H,24,29)(H,25,28). The summed E-state index contributed by atoms with van der Waals surface area (Å²) >= 11 is 0. The zero-order valence-corrected chi connectivity index (χ0v) is 15.8. The van der Waals surface area contributed by atoms with Gasteiger partial charge in [-0.15, -0.1) is 0 Å². The van der Waals surface area contributed by atoms with E-state index in [1.165, 1.54) is 6.20 Å². The van der Waals surface area contributed by atoms with Crippen LogP contribution in [0.3, 0.4) is 0 Å². The van der Waals surface area contributed by atoms with Crippen LogP contribution in [-0.2, 0) is 4.79 Å². The molecule has 2 aromatic heterocycles. The first-order valence-electron chi connectivity index (χ1n) is 9.62. The number of carbonyl (C=O) groups excluding carboxylic acids is 2. The summed E-state index contributed by atoms with van der Waals surface area (Å²) in [5.74, 6) is -0.752. The SMILES string of the molecule is O=C(NC(C(=O)Nc1cn[nH]c1)c1ccccc1)c1ccn(C2CCNCC2)n1. The van der Waals surface area contributed by atoms with Gasteiger partial charge in [-0.2, -0.15) is 10.2 Å². The van der Waals surface area contributed by atoms with Gasteiger partial charge < -0.3 is 16.0 Å². The molecular weight excluding hydrogens is 370 g/mol. The number of rotatable bonds is 6. The maximum absolute atomic E-state index is 12.8. The largest absolute Gasteiger partial charge is 0.335 e. The number of amides is 2. The van der Waals surface area contributed by atoms with Crippen molar-refractivity contribution in [3.8, 4) is 0 Å². The zero-order valence-electron chi connectivity index (χ0n) is 15.8. The third-order valence-electron chi connectivity index (χ3n) is 4.96. The molecule has 1 aliphatic heterocycles. The summed E-state index contributed by atoms with van der Waals surface area (Å²) in [5.41, 5.74) is 1.50. The molecule has 1 aliphatic rings. The van der Waals surface area contributed by atoms with Crippen LogP contribution >= 0.6 is 0 Å². The monoisotopic (exact) mass is 393 g/mol. The fraction of sp³-hybridized carbons (Fsp3) is 0.300. The van der Waals surface area contributed by atoms with Gasteiger partial charge in [-0.1, -0.05) is 30.3 Å². The van der Waals surface area contributed by atoms with Gasteiger partial charge in [0.15, 0.2) is 0 Å². The molecule has 1 atom stereocenters. The van der Waals surface area contributed by atoms with Gasteiger partial charge in [-0.25, -0.2) is 0 Å². The number of nitrogens with one attached hydrogen (secondary N) is 4. The van der Waals surface area contributed by atoms with Gasteiger partial charge in [0, 0.05) is 12.4 Å². The number of carbonyl (C=O) groups is 2. The number of nitrogens with zero attached hydrogens (tertiary/aromatic N) is 3. The molecule has 1 saturated heterocycles. The summed E-state index contributed by atoms with van der Waals surface area (Å²) in [5, 5.41) is 19.8. The average Bonchev–Trinajstić information content (AvgIpc) is 3.45. The Kier molecular flexibility index (Phi) is 5.66. The highest BCUT2D eigenvalue weighted by Crippen LogP contribution is 2.19. The van der Waals surface area contributed by atoms with Crippen molar-refractivity contribution in [2.75, 3.05) is 18.4 Å². The van der Waals surface area contributed by atoms with E-state index in [2.05, 4.69) is 31.2 Å². The van der Waals surface area contributed by atoms with E-state index in [-0.39, 0.29) is 11.9 Å². The predicted octanol–water partition coefficient (Wildman–Crippen LogP) is 1.64. The molecule has 0 radical (unpaired) electrons. The van der Waals surface area contributed by atoms with E-state index in [1.54, 1.807) is 24.4 Å². The number of aromatic nitrogens is 4. The summed E-state index contributed by atoms with van der Waals surface area (Å²) < 4.78 is 1.85. The maximum atomic E-state index is 12.8. The van der Waals surface area contributed by atoms with E-state index < -0.39 is 11.9 Å². The summed E-state index contributed by atoms with van der Waals surface area (Å²) in [6, 6.07) is 10.2. The molecule has 0 saturated carbocycles. The van der Waals surface area contributed by atoms with E-state index >= 15 is 0 Å². The number of H-pyrrole nitrogens is 1. The van der Waals surface area contributed by atoms with Gasteiger partial charge in [0.1, 0.15) is 11.7 Å². The lowest BCUT2D eigenvalue weighted by Gasteiger charge is -2.22. The first-order chi connectivity index (χ1) is 14.2. The van der Waals surface area contributed by atoms with Crippen molar-refractivity contribution in [2.45, 2.75) is 24.9 Å². The lowest BCUT2D eigenvalue weighted by atomic mass is 10.1. The van der Waals surface area contributed by atoms with Crippen LogP contribution in [0.25, 0.3) is 0 Å². The Hall–Kier alpha value is -3.46. The van der Waals surface area contributed by atoms with E-state index in [0.29, 0.717) is 16.9 Å². The van der Waals surface area contributed by atoms with E-state index in [9.17, 15) is 9.59 Å². The number of aromatic amines is 1. The first-order valence-corrected chi connectivity index (χ1v) is 9.62. The number of piperidine rings is 1. The predicted molar refractivity (Wildman–Crippen MR) is 107 cm³/mol. The van der Waals surface area contributed by atoms with Crippen molar-refractivity contribution in [3.63, 3.8) is 0 Å². The molecule has 1 unspecified atom stereocenters. The van der Waals surface area contributed by atoms with Crippen molar-refractivity contribution in [2.24, 2.45) is 0 Å². The Labute approximate surface area is 167 Å².